The van der Waals surface area contributed by atoms with Crippen molar-refractivity contribution in [1.29, 1.82) is 0 Å². The molecule has 104 heavy (non-hydrogen) atoms. The van der Waals surface area contributed by atoms with Crippen molar-refractivity contribution >= 4 is 295 Å². The summed E-state index contributed by atoms with van der Waals surface area (Å²) in [5, 5.41) is 66.4. The first-order chi connectivity index (χ1) is 49.2. The third-order valence-electron chi connectivity index (χ3n) is 13.5. The van der Waals surface area contributed by atoms with Gasteiger partial charge in [-0.15, -0.1) is 0 Å². The van der Waals surface area contributed by atoms with Gasteiger partial charge >= 0.3 is 35.7 Å². The minimum absolute atomic E-state index is 0.825. The van der Waals surface area contributed by atoms with Gasteiger partial charge in [0.1, 0.15) is 124 Å². The van der Waals surface area contributed by atoms with Crippen LogP contribution in [0.5, 0.6) is 0 Å². The van der Waals surface area contributed by atoms with E-state index in [1.807, 2.05) is 190 Å². The van der Waals surface area contributed by atoms with Crippen molar-refractivity contribution in [3.05, 3.63) is 230 Å². The number of nitrogens with zero attached hydrogens (tertiary/aromatic N) is 8. The van der Waals surface area contributed by atoms with E-state index in [2.05, 4.69) is 97.1 Å². The van der Waals surface area contributed by atoms with Crippen LogP contribution in [-0.4, -0.2) is 29.6 Å². The molecule has 8 aromatic carbocycles. The van der Waals surface area contributed by atoms with Crippen LogP contribution in [0.25, 0.3) is 81.7 Å². The van der Waals surface area contributed by atoms with Crippen molar-refractivity contribution in [3.8, 4) is 0 Å². The number of thiazole rings is 8. The second-order valence-electron chi connectivity index (χ2n) is 20.2. The number of rotatable bonds is 0. The highest BCUT2D eigenvalue weighted by Gasteiger charge is 2.19. The summed E-state index contributed by atoms with van der Waals surface area (Å²) < 4.78 is 71.9. The van der Waals surface area contributed by atoms with Gasteiger partial charge in [0.2, 0.25) is 44.1 Å². The molecular weight excluding hydrogens is 1670 g/mol. The van der Waals surface area contributed by atoms with Gasteiger partial charge in [-0.1, -0.05) is 97.1 Å². The van der Waals surface area contributed by atoms with E-state index < -0.39 is 29.6 Å². The Morgan fingerprint density at radius 1 is 0.202 bits per heavy atom. The molecule has 0 N–H and O–H groups in total. The number of fused-ring (bicyclic) bond motifs is 8. The zero-order chi connectivity index (χ0) is 77.1. The van der Waals surface area contributed by atoms with Crippen LogP contribution in [0.15, 0.2) is 194 Å². The summed E-state index contributed by atoms with van der Waals surface area (Å²) in [6, 6.07) is 65.5. The van der Waals surface area contributed by atoms with E-state index in [4.69, 9.17) is 133 Å². The molecule has 544 valence electrons. The van der Waals surface area contributed by atoms with Crippen LogP contribution < -0.4 is 76.7 Å². The van der Waals surface area contributed by atoms with Crippen molar-refractivity contribution in [1.82, 2.24) is 0 Å². The Bertz CT molecular complexity index is 4370. The lowest BCUT2D eigenvalue weighted by atomic mass is 10.3. The van der Waals surface area contributed by atoms with Crippen LogP contribution in [0.1, 0.15) is 0 Å². The Labute approximate surface area is 668 Å². The van der Waals surface area contributed by atoms with E-state index in [0.717, 1.165) is 35.7 Å². The topological polar surface area (TPSA) is 216 Å². The summed E-state index contributed by atoms with van der Waals surface area (Å²) in [7, 11) is 3.12. The molecular formula is C64H56B4Cl8F4N8O8S8. The van der Waals surface area contributed by atoms with Crippen molar-refractivity contribution < 1.29 is 94.0 Å². The molecule has 8 heterocycles. The van der Waals surface area contributed by atoms with Gasteiger partial charge in [0.25, 0.3) is 0 Å². The molecule has 16 rings (SSSR count). The number of benzene rings is 8. The fourth-order valence-electron chi connectivity index (χ4n) is 8.60. The standard InChI is InChI=1S/8C8H7ClNS.4BFO2/c8*1-10-6-4-2-3-5-7(6)11-8(10)9;4*2-1(3)4/h8*2-5H,1H3;;;;/q8*+1;4*-2. The average molecular weight is 1720 g/mol. The summed E-state index contributed by atoms with van der Waals surface area (Å²) >= 11 is 60.3. The highest BCUT2D eigenvalue weighted by atomic mass is 35.5. The fraction of sp³-hybridized carbons (Fsp3) is 0.125. The lowest BCUT2D eigenvalue weighted by Gasteiger charge is -2.09. The Balaban J connectivity index is 0.000000207. The maximum Gasteiger partial charge on any atom is 0.333 e. The monoisotopic (exact) mass is 1720 g/mol. The second kappa shape index (κ2) is 45.0. The van der Waals surface area contributed by atoms with Crippen LogP contribution in [-0.2, 0) is 56.4 Å². The van der Waals surface area contributed by atoms with Gasteiger partial charge < -0.3 is 57.5 Å². The maximum atomic E-state index is 9.89. The molecule has 0 atom stereocenters. The number of para-hydroxylation sites is 8. The third-order valence-corrected chi connectivity index (χ3v) is 25.4. The lowest BCUT2D eigenvalue weighted by Crippen LogP contribution is -2.39. The molecule has 16 aromatic rings. The highest BCUT2D eigenvalue weighted by molar-refractivity contribution is 7.24. The van der Waals surface area contributed by atoms with E-state index in [-0.39, 0.29) is 0 Å². The highest BCUT2D eigenvalue weighted by Crippen LogP contribution is 2.28. The molecule has 0 bridgehead atoms. The van der Waals surface area contributed by atoms with Gasteiger partial charge in [-0.05, 0) is 139 Å². The first kappa shape index (κ1) is 89.5. The molecule has 0 saturated heterocycles. The average Bonchev–Trinajstić information content (AvgIpc) is 1.76. The molecule has 0 fully saturated rings. The zero-order valence-corrected chi connectivity index (χ0v) is 68.0. The molecule has 0 unspecified atom stereocenters. The molecule has 0 aliphatic carbocycles. The number of hydrogen-bond acceptors (Lipinski definition) is 16. The van der Waals surface area contributed by atoms with E-state index >= 15 is 0 Å². The molecule has 16 nitrogen and oxygen atoms in total. The molecule has 0 amide bonds. The normalized spacial score (nSPS) is 10.1. The Morgan fingerprint density at radius 3 is 0.356 bits per heavy atom. The minimum atomic E-state index is -3.17. The Hall–Kier alpha value is -5.14. The molecule has 0 aliphatic heterocycles. The van der Waals surface area contributed by atoms with Crippen LogP contribution in [0, 0.1) is 0 Å². The number of halogens is 12. The van der Waals surface area contributed by atoms with E-state index in [0.29, 0.717) is 0 Å². The zero-order valence-electron chi connectivity index (χ0n) is 55.4. The predicted molar refractivity (Wildman–Crippen MR) is 412 cm³/mol. The molecule has 0 saturated carbocycles. The van der Waals surface area contributed by atoms with E-state index in [1.54, 1.807) is 90.7 Å². The van der Waals surface area contributed by atoms with Crippen molar-refractivity contribution in [3.63, 3.8) is 0 Å². The predicted octanol–water partition coefficient (Wildman–Crippen LogP) is 9.68. The lowest BCUT2D eigenvalue weighted by molar-refractivity contribution is -0.638. The number of aryl methyl sites for hydroxylation is 8. The Morgan fingerprint density at radius 2 is 0.279 bits per heavy atom. The van der Waals surface area contributed by atoms with Crippen LogP contribution >= 0.6 is 184 Å². The molecule has 0 radical (unpaired) electrons. The van der Waals surface area contributed by atoms with Gasteiger partial charge in [-0.3, -0.25) is 0 Å². The molecule has 40 heteroatoms. The molecule has 0 spiro atoms. The summed E-state index contributed by atoms with van der Waals surface area (Å²) in [6.07, 6.45) is 0. The quantitative estimate of drug-likeness (QED) is 0.0807. The molecule has 8 aromatic heterocycles. The van der Waals surface area contributed by atoms with Gasteiger partial charge in [0, 0.05) is 141 Å². The summed E-state index contributed by atoms with van der Waals surface area (Å²) in [5.41, 5.74) is 9.57. The van der Waals surface area contributed by atoms with Crippen molar-refractivity contribution in [2.24, 2.45) is 56.4 Å². The maximum absolute atomic E-state index is 9.89. The smallest absolute Gasteiger partial charge is 0.333 e. The van der Waals surface area contributed by atoms with Crippen molar-refractivity contribution in [2.45, 2.75) is 0 Å². The van der Waals surface area contributed by atoms with Gasteiger partial charge in [0.15, 0.2) is 0 Å². The van der Waals surface area contributed by atoms with E-state index in [9.17, 15) is 17.3 Å². The summed E-state index contributed by atoms with van der Waals surface area (Å²) in [6.45, 7) is 0. The number of hydrogen-bond donors (Lipinski definition) is 0. The minimum Gasteiger partial charge on any atom is -0.867 e. The molecule has 0 aliphatic rings. The summed E-state index contributed by atoms with van der Waals surface area (Å²) in [5.74, 6) is 0. The van der Waals surface area contributed by atoms with Crippen LogP contribution in [0.2, 0.25) is 35.7 Å². The van der Waals surface area contributed by atoms with Crippen molar-refractivity contribution in [2.75, 3.05) is 0 Å². The summed E-state index contributed by atoms with van der Waals surface area (Å²) in [4.78, 5) is 0. The SMILES string of the molecule is C[n+]1c(Cl)sc2ccccc21.C[n+]1c(Cl)sc2ccccc21.C[n+]1c(Cl)sc2ccccc21.C[n+]1c(Cl)sc2ccccc21.C[n+]1c(Cl)sc2ccccc21.C[n+]1c(Cl)sc2ccccc21.C[n+]1c(Cl)sc2ccccc21.C[n+]1c(Cl)sc2ccccc21.[O-]B([O-])F.[O-]B([O-])F.[O-]B([O-])F.[O-]B([O-])F. The van der Waals surface area contributed by atoms with Gasteiger partial charge in [-0.2, -0.15) is 36.5 Å². The fourth-order valence-corrected chi connectivity index (χ4v) is 18.3. The van der Waals surface area contributed by atoms with Gasteiger partial charge in [-0.25, -0.2) is 0 Å². The van der Waals surface area contributed by atoms with Gasteiger partial charge in [0.05, 0.1) is 0 Å². The Kier molecular flexibility index (Phi) is 38.7. The first-order valence-electron chi connectivity index (χ1n) is 29.3. The van der Waals surface area contributed by atoms with Crippen LogP contribution in [0.4, 0.5) is 17.3 Å². The number of aromatic nitrogens is 8. The van der Waals surface area contributed by atoms with E-state index in [1.165, 1.54) is 81.7 Å². The largest absolute Gasteiger partial charge is 0.867 e. The van der Waals surface area contributed by atoms with Crippen LogP contribution in [0.3, 0.4) is 0 Å². The third kappa shape index (κ3) is 27.8. The second-order valence-corrected chi connectivity index (χ2v) is 33.1. The first-order valence-corrected chi connectivity index (χ1v) is 38.9.